The van der Waals surface area contributed by atoms with Crippen molar-refractivity contribution in [1.82, 2.24) is 5.32 Å². The van der Waals surface area contributed by atoms with Gasteiger partial charge in [-0.1, -0.05) is 12.1 Å². The molecule has 0 aromatic heterocycles. The Labute approximate surface area is 108 Å². The third-order valence-corrected chi connectivity index (χ3v) is 3.01. The minimum atomic E-state index is -0.360. The third kappa shape index (κ3) is 4.37. The highest BCUT2D eigenvalue weighted by molar-refractivity contribution is 5.26. The lowest BCUT2D eigenvalue weighted by atomic mass is 10.0. The Morgan fingerprint density at radius 3 is 2.56 bits per heavy atom. The molecule has 1 aromatic carbocycles. The van der Waals surface area contributed by atoms with Crippen LogP contribution in [0.5, 0.6) is 0 Å². The number of benzene rings is 1. The van der Waals surface area contributed by atoms with Crippen molar-refractivity contribution >= 4 is 0 Å². The number of halogens is 1. The standard InChI is InChI=1S/C14H23FN2O/c1-9-4-5-12(7-13(9)15)14(8-16)17-10(2)6-11(3)18/h4-5,7,10-11,14,17-18H,6,8,16H2,1-3H3. The monoisotopic (exact) mass is 254 g/mol. The minimum Gasteiger partial charge on any atom is -0.393 e. The number of aliphatic hydroxyl groups is 1. The van der Waals surface area contributed by atoms with Crippen molar-refractivity contribution in [3.05, 3.63) is 35.1 Å². The van der Waals surface area contributed by atoms with Gasteiger partial charge < -0.3 is 16.2 Å². The van der Waals surface area contributed by atoms with E-state index in [2.05, 4.69) is 5.32 Å². The molecule has 4 heteroatoms. The maximum atomic E-state index is 13.5. The van der Waals surface area contributed by atoms with Crippen molar-refractivity contribution in [2.75, 3.05) is 6.54 Å². The smallest absolute Gasteiger partial charge is 0.126 e. The van der Waals surface area contributed by atoms with Gasteiger partial charge in [0.2, 0.25) is 0 Å². The first-order valence-electron chi connectivity index (χ1n) is 6.34. The second-order valence-corrected chi connectivity index (χ2v) is 4.95. The zero-order valence-corrected chi connectivity index (χ0v) is 11.3. The van der Waals surface area contributed by atoms with Crippen LogP contribution in [0.25, 0.3) is 0 Å². The fourth-order valence-electron chi connectivity index (χ4n) is 2.05. The Balaban J connectivity index is 2.73. The summed E-state index contributed by atoms with van der Waals surface area (Å²) in [6.07, 6.45) is 0.283. The Morgan fingerprint density at radius 1 is 1.39 bits per heavy atom. The number of hydrogen-bond acceptors (Lipinski definition) is 3. The van der Waals surface area contributed by atoms with E-state index in [0.717, 1.165) is 5.56 Å². The van der Waals surface area contributed by atoms with E-state index in [0.29, 0.717) is 18.5 Å². The molecule has 0 heterocycles. The Kier molecular flexibility index (Phi) is 5.72. The molecule has 0 aliphatic heterocycles. The topological polar surface area (TPSA) is 58.3 Å². The first-order valence-corrected chi connectivity index (χ1v) is 6.34. The van der Waals surface area contributed by atoms with Gasteiger partial charge in [0.25, 0.3) is 0 Å². The van der Waals surface area contributed by atoms with Crippen molar-refractivity contribution in [3.63, 3.8) is 0 Å². The molecular weight excluding hydrogens is 231 g/mol. The maximum Gasteiger partial charge on any atom is 0.126 e. The van der Waals surface area contributed by atoms with Crippen LogP contribution in [0.15, 0.2) is 18.2 Å². The van der Waals surface area contributed by atoms with Gasteiger partial charge in [-0.2, -0.15) is 0 Å². The Bertz CT molecular complexity index is 382. The number of aryl methyl sites for hydroxylation is 1. The van der Waals surface area contributed by atoms with Crippen molar-refractivity contribution in [1.29, 1.82) is 0 Å². The molecular formula is C14H23FN2O. The average Bonchev–Trinajstić information content (AvgIpc) is 2.29. The molecule has 0 bridgehead atoms. The molecule has 0 aliphatic rings. The van der Waals surface area contributed by atoms with E-state index in [1.54, 1.807) is 19.9 Å². The molecule has 1 rings (SSSR count). The van der Waals surface area contributed by atoms with Gasteiger partial charge in [-0.25, -0.2) is 4.39 Å². The van der Waals surface area contributed by atoms with Crippen molar-refractivity contribution in [2.45, 2.75) is 45.4 Å². The molecule has 0 saturated heterocycles. The zero-order valence-electron chi connectivity index (χ0n) is 11.3. The third-order valence-electron chi connectivity index (χ3n) is 3.01. The molecule has 0 radical (unpaired) electrons. The fraction of sp³-hybridized carbons (Fsp3) is 0.571. The predicted molar refractivity (Wildman–Crippen MR) is 71.8 cm³/mol. The summed E-state index contributed by atoms with van der Waals surface area (Å²) in [6, 6.07) is 5.21. The lowest BCUT2D eigenvalue weighted by Crippen LogP contribution is -2.36. The van der Waals surface area contributed by atoms with Gasteiger partial charge in [0.15, 0.2) is 0 Å². The van der Waals surface area contributed by atoms with Crippen molar-refractivity contribution in [3.8, 4) is 0 Å². The van der Waals surface area contributed by atoms with E-state index in [1.807, 2.05) is 13.0 Å². The molecule has 4 N–H and O–H groups in total. The molecule has 0 saturated carbocycles. The Morgan fingerprint density at radius 2 is 2.06 bits per heavy atom. The van der Waals surface area contributed by atoms with Gasteiger partial charge in [-0.15, -0.1) is 0 Å². The van der Waals surface area contributed by atoms with Crippen LogP contribution in [0.4, 0.5) is 4.39 Å². The molecule has 3 unspecified atom stereocenters. The first kappa shape index (κ1) is 15.1. The SMILES string of the molecule is Cc1ccc(C(CN)NC(C)CC(C)O)cc1F. The summed E-state index contributed by atoms with van der Waals surface area (Å²) < 4.78 is 13.5. The quantitative estimate of drug-likeness (QED) is 0.726. The molecule has 0 aliphatic carbocycles. The van der Waals surface area contributed by atoms with Crippen LogP contribution in [0.2, 0.25) is 0 Å². The molecule has 1 aromatic rings. The van der Waals surface area contributed by atoms with Crippen molar-refractivity contribution in [2.24, 2.45) is 5.73 Å². The number of hydrogen-bond donors (Lipinski definition) is 3. The second kappa shape index (κ2) is 6.83. The highest BCUT2D eigenvalue weighted by atomic mass is 19.1. The average molecular weight is 254 g/mol. The number of nitrogens with one attached hydrogen (secondary N) is 1. The van der Waals surface area contributed by atoms with Crippen LogP contribution < -0.4 is 11.1 Å². The highest BCUT2D eigenvalue weighted by Gasteiger charge is 2.15. The number of aliphatic hydroxyl groups excluding tert-OH is 1. The second-order valence-electron chi connectivity index (χ2n) is 4.95. The molecule has 0 amide bonds. The summed E-state index contributed by atoms with van der Waals surface area (Å²) in [5, 5.41) is 12.6. The van der Waals surface area contributed by atoms with Gasteiger partial charge in [-0.3, -0.25) is 0 Å². The van der Waals surface area contributed by atoms with Crippen LogP contribution >= 0.6 is 0 Å². The van der Waals surface area contributed by atoms with Gasteiger partial charge in [0.05, 0.1) is 6.10 Å². The number of nitrogens with two attached hydrogens (primary N) is 1. The molecule has 102 valence electrons. The van der Waals surface area contributed by atoms with E-state index in [9.17, 15) is 9.50 Å². The van der Waals surface area contributed by atoms with E-state index >= 15 is 0 Å². The summed E-state index contributed by atoms with van der Waals surface area (Å²) in [4.78, 5) is 0. The lowest BCUT2D eigenvalue weighted by molar-refractivity contribution is 0.168. The van der Waals surface area contributed by atoms with Crippen LogP contribution in [0.1, 0.15) is 37.4 Å². The molecule has 3 nitrogen and oxygen atoms in total. The van der Waals surface area contributed by atoms with Gasteiger partial charge in [-0.05, 0) is 44.4 Å². The summed E-state index contributed by atoms with van der Waals surface area (Å²) in [5.74, 6) is -0.212. The molecule has 18 heavy (non-hydrogen) atoms. The summed E-state index contributed by atoms with van der Waals surface area (Å²) in [6.45, 7) is 5.87. The molecule has 0 spiro atoms. The number of rotatable bonds is 6. The lowest BCUT2D eigenvalue weighted by Gasteiger charge is -2.23. The zero-order chi connectivity index (χ0) is 13.7. The van der Waals surface area contributed by atoms with E-state index in [4.69, 9.17) is 5.73 Å². The fourth-order valence-corrected chi connectivity index (χ4v) is 2.05. The van der Waals surface area contributed by atoms with E-state index in [-0.39, 0.29) is 24.0 Å². The van der Waals surface area contributed by atoms with E-state index < -0.39 is 0 Å². The first-order chi connectivity index (χ1) is 8.43. The van der Waals surface area contributed by atoms with Gasteiger partial charge in [0, 0.05) is 18.6 Å². The van der Waals surface area contributed by atoms with Crippen LogP contribution in [0.3, 0.4) is 0 Å². The molecule has 0 fully saturated rings. The highest BCUT2D eigenvalue weighted by Crippen LogP contribution is 2.17. The summed E-state index contributed by atoms with van der Waals surface area (Å²) in [7, 11) is 0. The molecule has 3 atom stereocenters. The van der Waals surface area contributed by atoms with E-state index in [1.165, 1.54) is 6.07 Å². The van der Waals surface area contributed by atoms with Gasteiger partial charge in [0.1, 0.15) is 5.82 Å². The largest absolute Gasteiger partial charge is 0.393 e. The predicted octanol–water partition coefficient (Wildman–Crippen LogP) is 1.88. The Hall–Kier alpha value is -0.970. The summed E-state index contributed by atoms with van der Waals surface area (Å²) >= 11 is 0. The maximum absolute atomic E-state index is 13.5. The van der Waals surface area contributed by atoms with Crippen LogP contribution in [-0.4, -0.2) is 23.8 Å². The van der Waals surface area contributed by atoms with Crippen LogP contribution in [0, 0.1) is 12.7 Å². The van der Waals surface area contributed by atoms with Crippen LogP contribution in [-0.2, 0) is 0 Å². The normalized spacial score (nSPS) is 16.3. The van der Waals surface area contributed by atoms with Gasteiger partial charge >= 0.3 is 0 Å². The summed E-state index contributed by atoms with van der Waals surface area (Å²) in [5.41, 5.74) is 7.20. The minimum absolute atomic E-state index is 0.0890. The van der Waals surface area contributed by atoms with Crippen molar-refractivity contribution < 1.29 is 9.50 Å².